The molecule has 17 heavy (non-hydrogen) atoms. The number of hydrogen-bond donors (Lipinski definition) is 1. The van der Waals surface area contributed by atoms with Gasteiger partial charge < -0.3 is 9.73 Å². The van der Waals surface area contributed by atoms with E-state index in [9.17, 15) is 0 Å². The first-order valence-corrected chi connectivity index (χ1v) is 6.38. The van der Waals surface area contributed by atoms with Crippen LogP contribution in [0.15, 0.2) is 28.7 Å². The van der Waals surface area contributed by atoms with E-state index >= 15 is 0 Å². The molecule has 0 radical (unpaired) electrons. The van der Waals surface area contributed by atoms with Crippen molar-refractivity contribution >= 4 is 11.1 Å². The van der Waals surface area contributed by atoms with Crippen molar-refractivity contribution in [3.63, 3.8) is 0 Å². The van der Waals surface area contributed by atoms with E-state index in [4.69, 9.17) is 4.42 Å². The standard InChI is InChI=1S/C14H18N2O/c1-15-12(10-5-4-6-10)9-14-16-11-7-2-3-8-13(11)17-14/h2-3,7-8,10,12,15H,4-6,9H2,1H3. The highest BCUT2D eigenvalue weighted by Crippen LogP contribution is 2.31. The number of oxazole rings is 1. The fourth-order valence-electron chi connectivity index (χ4n) is 2.54. The third-order valence-electron chi connectivity index (χ3n) is 3.82. The maximum atomic E-state index is 5.77. The highest BCUT2D eigenvalue weighted by Gasteiger charge is 2.27. The Balaban J connectivity index is 1.78. The van der Waals surface area contributed by atoms with E-state index in [1.165, 1.54) is 19.3 Å². The van der Waals surface area contributed by atoms with Gasteiger partial charge in [0.05, 0.1) is 0 Å². The smallest absolute Gasteiger partial charge is 0.197 e. The van der Waals surface area contributed by atoms with E-state index in [0.717, 1.165) is 29.3 Å². The molecule has 3 heteroatoms. The van der Waals surface area contributed by atoms with E-state index < -0.39 is 0 Å². The minimum Gasteiger partial charge on any atom is -0.441 e. The van der Waals surface area contributed by atoms with Crippen LogP contribution in [0.3, 0.4) is 0 Å². The van der Waals surface area contributed by atoms with Crippen molar-refractivity contribution in [2.45, 2.75) is 31.7 Å². The Morgan fingerprint density at radius 3 is 2.88 bits per heavy atom. The summed E-state index contributed by atoms with van der Waals surface area (Å²) in [7, 11) is 2.03. The Morgan fingerprint density at radius 1 is 1.41 bits per heavy atom. The molecular weight excluding hydrogens is 212 g/mol. The van der Waals surface area contributed by atoms with Crippen molar-refractivity contribution in [1.29, 1.82) is 0 Å². The predicted octanol–water partition coefficient (Wildman–Crippen LogP) is 2.76. The Hall–Kier alpha value is -1.35. The van der Waals surface area contributed by atoms with E-state index in [1.54, 1.807) is 0 Å². The fraction of sp³-hybridized carbons (Fsp3) is 0.500. The molecule has 3 rings (SSSR count). The summed E-state index contributed by atoms with van der Waals surface area (Å²) in [6.45, 7) is 0. The summed E-state index contributed by atoms with van der Waals surface area (Å²) in [6, 6.07) is 8.47. The van der Waals surface area contributed by atoms with Gasteiger partial charge in [0, 0.05) is 12.5 Å². The summed E-state index contributed by atoms with van der Waals surface area (Å²) in [4.78, 5) is 4.53. The van der Waals surface area contributed by atoms with Crippen LogP contribution in [0.5, 0.6) is 0 Å². The summed E-state index contributed by atoms with van der Waals surface area (Å²) >= 11 is 0. The topological polar surface area (TPSA) is 38.1 Å². The minimum atomic E-state index is 0.511. The predicted molar refractivity (Wildman–Crippen MR) is 67.9 cm³/mol. The third-order valence-corrected chi connectivity index (χ3v) is 3.82. The van der Waals surface area contributed by atoms with Crippen LogP contribution in [0, 0.1) is 5.92 Å². The molecule has 1 heterocycles. The SMILES string of the molecule is CNC(Cc1nc2ccccc2o1)C1CCC1. The quantitative estimate of drug-likeness (QED) is 0.877. The van der Waals surface area contributed by atoms with Crippen molar-refractivity contribution in [2.75, 3.05) is 7.05 Å². The van der Waals surface area contributed by atoms with Gasteiger partial charge in [-0.25, -0.2) is 4.98 Å². The molecule has 1 unspecified atom stereocenters. The van der Waals surface area contributed by atoms with E-state index in [-0.39, 0.29) is 0 Å². The number of hydrogen-bond acceptors (Lipinski definition) is 3. The zero-order chi connectivity index (χ0) is 11.7. The Kier molecular flexibility index (Phi) is 2.85. The molecule has 1 aliphatic rings. The van der Waals surface area contributed by atoms with Gasteiger partial charge >= 0.3 is 0 Å². The second-order valence-electron chi connectivity index (χ2n) is 4.87. The van der Waals surface area contributed by atoms with Gasteiger partial charge in [0.15, 0.2) is 11.5 Å². The molecule has 2 aromatic rings. The van der Waals surface area contributed by atoms with Crippen molar-refractivity contribution in [1.82, 2.24) is 10.3 Å². The van der Waals surface area contributed by atoms with E-state index in [0.29, 0.717) is 6.04 Å². The molecule has 1 aromatic heterocycles. The second-order valence-corrected chi connectivity index (χ2v) is 4.87. The second kappa shape index (κ2) is 4.49. The van der Waals surface area contributed by atoms with Crippen LogP contribution in [0.1, 0.15) is 25.2 Å². The molecule has 1 atom stereocenters. The number of para-hydroxylation sites is 2. The van der Waals surface area contributed by atoms with Gasteiger partial charge in [0.2, 0.25) is 0 Å². The third kappa shape index (κ3) is 2.07. The zero-order valence-corrected chi connectivity index (χ0v) is 10.1. The normalized spacial score (nSPS) is 18.2. The van der Waals surface area contributed by atoms with Crippen LogP contribution >= 0.6 is 0 Å². The lowest BCUT2D eigenvalue weighted by molar-refractivity contribution is 0.228. The molecule has 1 fully saturated rings. The number of rotatable bonds is 4. The van der Waals surface area contributed by atoms with Gasteiger partial charge in [-0.3, -0.25) is 0 Å². The highest BCUT2D eigenvalue weighted by molar-refractivity contribution is 5.72. The van der Waals surface area contributed by atoms with Crippen molar-refractivity contribution in [3.05, 3.63) is 30.2 Å². The van der Waals surface area contributed by atoms with Crippen LogP contribution in [0.2, 0.25) is 0 Å². The largest absolute Gasteiger partial charge is 0.441 e. The summed E-state index contributed by atoms with van der Waals surface area (Å²) in [5.74, 6) is 1.66. The number of nitrogens with zero attached hydrogens (tertiary/aromatic N) is 1. The summed E-state index contributed by atoms with van der Waals surface area (Å²) in [6.07, 6.45) is 4.95. The first-order valence-electron chi connectivity index (χ1n) is 6.38. The molecular formula is C14H18N2O. The van der Waals surface area contributed by atoms with Gasteiger partial charge in [-0.1, -0.05) is 18.6 Å². The van der Waals surface area contributed by atoms with E-state index in [1.807, 2.05) is 31.3 Å². The fourth-order valence-corrected chi connectivity index (χ4v) is 2.54. The molecule has 1 aliphatic carbocycles. The van der Waals surface area contributed by atoms with Crippen molar-refractivity contribution in [3.8, 4) is 0 Å². The number of fused-ring (bicyclic) bond motifs is 1. The Morgan fingerprint density at radius 2 is 2.24 bits per heavy atom. The molecule has 3 nitrogen and oxygen atoms in total. The Bertz CT molecular complexity index is 469. The number of nitrogens with one attached hydrogen (secondary N) is 1. The summed E-state index contributed by atoms with van der Waals surface area (Å²) in [5.41, 5.74) is 1.86. The van der Waals surface area contributed by atoms with Crippen LogP contribution in [0.4, 0.5) is 0 Å². The lowest BCUT2D eigenvalue weighted by Crippen LogP contribution is -2.39. The molecule has 90 valence electrons. The number of likely N-dealkylation sites (N-methyl/N-ethyl adjacent to an activating group) is 1. The lowest BCUT2D eigenvalue weighted by Gasteiger charge is -2.32. The van der Waals surface area contributed by atoms with Crippen LogP contribution in [-0.4, -0.2) is 18.1 Å². The zero-order valence-electron chi connectivity index (χ0n) is 10.1. The first-order chi connectivity index (χ1) is 8.36. The Labute approximate surface area is 101 Å². The molecule has 0 spiro atoms. The monoisotopic (exact) mass is 230 g/mol. The van der Waals surface area contributed by atoms with Gasteiger partial charge in [-0.05, 0) is 37.9 Å². The number of benzene rings is 1. The van der Waals surface area contributed by atoms with Crippen LogP contribution < -0.4 is 5.32 Å². The molecule has 0 amide bonds. The lowest BCUT2D eigenvalue weighted by atomic mass is 9.78. The highest BCUT2D eigenvalue weighted by atomic mass is 16.3. The maximum Gasteiger partial charge on any atom is 0.197 e. The van der Waals surface area contributed by atoms with Crippen LogP contribution in [-0.2, 0) is 6.42 Å². The minimum absolute atomic E-state index is 0.511. The van der Waals surface area contributed by atoms with E-state index in [2.05, 4.69) is 10.3 Å². The molecule has 1 N–H and O–H groups in total. The van der Waals surface area contributed by atoms with Gasteiger partial charge in [-0.2, -0.15) is 0 Å². The maximum absolute atomic E-state index is 5.77. The molecule has 0 bridgehead atoms. The first kappa shape index (κ1) is 10.8. The molecule has 0 saturated heterocycles. The van der Waals surface area contributed by atoms with Crippen molar-refractivity contribution in [2.24, 2.45) is 5.92 Å². The van der Waals surface area contributed by atoms with Gasteiger partial charge in [0.1, 0.15) is 5.52 Å². The van der Waals surface area contributed by atoms with Crippen LogP contribution in [0.25, 0.3) is 11.1 Å². The summed E-state index contributed by atoms with van der Waals surface area (Å²) in [5, 5.41) is 3.40. The van der Waals surface area contributed by atoms with Gasteiger partial charge in [-0.15, -0.1) is 0 Å². The molecule has 1 saturated carbocycles. The molecule has 0 aliphatic heterocycles. The molecule has 1 aromatic carbocycles. The number of aromatic nitrogens is 1. The average molecular weight is 230 g/mol. The average Bonchev–Trinajstić information content (AvgIpc) is 2.67. The van der Waals surface area contributed by atoms with Crippen molar-refractivity contribution < 1.29 is 4.42 Å². The summed E-state index contributed by atoms with van der Waals surface area (Å²) < 4.78 is 5.77. The van der Waals surface area contributed by atoms with Gasteiger partial charge in [0.25, 0.3) is 0 Å².